The van der Waals surface area contributed by atoms with E-state index in [1.54, 1.807) is 18.2 Å². The predicted octanol–water partition coefficient (Wildman–Crippen LogP) is 2.90. The lowest BCUT2D eigenvalue weighted by Crippen LogP contribution is -2.28. The maximum atomic E-state index is 12.6. The topological polar surface area (TPSA) is 81.3 Å². The third-order valence-electron chi connectivity index (χ3n) is 4.35. The summed E-state index contributed by atoms with van der Waals surface area (Å²) < 4.78 is 2.44. The fraction of sp³-hybridized carbons (Fsp3) is 0.158. The van der Waals surface area contributed by atoms with Gasteiger partial charge in [-0.2, -0.15) is 0 Å². The molecule has 0 aliphatic carbocycles. The second-order valence-electron chi connectivity index (χ2n) is 6.10. The van der Waals surface area contributed by atoms with Gasteiger partial charge in [-0.15, -0.1) is 5.10 Å². The second-order valence-corrected chi connectivity index (χ2v) is 6.54. The number of halogens is 1. The first-order valence-electron chi connectivity index (χ1n) is 8.48. The van der Waals surface area contributed by atoms with Gasteiger partial charge in [0.1, 0.15) is 12.9 Å². The number of fused-ring (bicyclic) bond motifs is 3. The Balaban J connectivity index is 1.69. The number of aromatic nitrogens is 4. The van der Waals surface area contributed by atoms with Crippen LogP contribution in [0.3, 0.4) is 0 Å². The number of amides is 1. The van der Waals surface area contributed by atoms with Crippen molar-refractivity contribution >= 4 is 39.7 Å². The van der Waals surface area contributed by atoms with E-state index in [0.717, 1.165) is 22.4 Å². The number of para-hydroxylation sites is 1. The standard InChI is InChI=1S/C19H16ClN5O2/c1-2-12-5-3-4-6-15(12)22-17(26)10-25-19(27)24-11-21-16-8-7-13(20)9-14(16)18(24)23-25/h3-9,11H,2,10H2,1H3,(H,22,26). The molecule has 1 N–H and O–H groups in total. The van der Waals surface area contributed by atoms with Gasteiger partial charge >= 0.3 is 5.69 Å². The van der Waals surface area contributed by atoms with Crippen molar-refractivity contribution < 1.29 is 4.79 Å². The molecule has 0 radical (unpaired) electrons. The van der Waals surface area contributed by atoms with E-state index in [1.807, 2.05) is 31.2 Å². The molecule has 2 heterocycles. The Morgan fingerprint density at radius 1 is 1.22 bits per heavy atom. The lowest BCUT2D eigenvalue weighted by atomic mass is 10.1. The van der Waals surface area contributed by atoms with Crippen molar-refractivity contribution in [3.05, 3.63) is 69.9 Å². The van der Waals surface area contributed by atoms with Gasteiger partial charge in [-0.25, -0.2) is 18.9 Å². The summed E-state index contributed by atoms with van der Waals surface area (Å²) in [6.07, 6.45) is 2.20. The number of carbonyl (C=O) groups is 1. The molecule has 0 fully saturated rings. The molecule has 0 aliphatic rings. The molecule has 0 unspecified atom stereocenters. The summed E-state index contributed by atoms with van der Waals surface area (Å²) in [5, 5.41) is 8.33. The summed E-state index contributed by atoms with van der Waals surface area (Å²) in [5.41, 5.74) is 2.41. The Kier molecular flexibility index (Phi) is 4.37. The summed E-state index contributed by atoms with van der Waals surface area (Å²) >= 11 is 6.05. The van der Waals surface area contributed by atoms with E-state index in [2.05, 4.69) is 15.4 Å². The van der Waals surface area contributed by atoms with Crippen LogP contribution in [0.1, 0.15) is 12.5 Å². The largest absolute Gasteiger partial charge is 0.352 e. The number of hydrogen-bond acceptors (Lipinski definition) is 4. The molecular weight excluding hydrogens is 366 g/mol. The van der Waals surface area contributed by atoms with Crippen LogP contribution in [0.5, 0.6) is 0 Å². The normalized spacial score (nSPS) is 11.2. The van der Waals surface area contributed by atoms with Gasteiger partial charge in [0, 0.05) is 16.1 Å². The lowest BCUT2D eigenvalue weighted by molar-refractivity contribution is -0.117. The van der Waals surface area contributed by atoms with E-state index in [1.165, 1.54) is 10.7 Å². The van der Waals surface area contributed by atoms with Crippen molar-refractivity contribution in [3.63, 3.8) is 0 Å². The van der Waals surface area contributed by atoms with Gasteiger partial charge in [0.25, 0.3) is 0 Å². The van der Waals surface area contributed by atoms with Gasteiger partial charge in [-0.1, -0.05) is 36.7 Å². The van der Waals surface area contributed by atoms with Crippen LogP contribution in [0.2, 0.25) is 5.02 Å². The first kappa shape index (κ1) is 17.2. The molecule has 0 aliphatic heterocycles. The molecule has 4 rings (SSSR count). The van der Waals surface area contributed by atoms with E-state index in [0.29, 0.717) is 21.6 Å². The number of anilines is 1. The molecule has 0 saturated carbocycles. The number of nitrogens with zero attached hydrogens (tertiary/aromatic N) is 4. The summed E-state index contributed by atoms with van der Waals surface area (Å²) in [6, 6.07) is 12.7. The maximum absolute atomic E-state index is 12.6. The van der Waals surface area contributed by atoms with Crippen molar-refractivity contribution in [2.45, 2.75) is 19.9 Å². The van der Waals surface area contributed by atoms with Gasteiger partial charge in [0.15, 0.2) is 5.65 Å². The van der Waals surface area contributed by atoms with E-state index < -0.39 is 5.69 Å². The zero-order valence-electron chi connectivity index (χ0n) is 14.5. The quantitative estimate of drug-likeness (QED) is 0.589. The van der Waals surface area contributed by atoms with E-state index >= 15 is 0 Å². The highest BCUT2D eigenvalue weighted by atomic mass is 35.5. The van der Waals surface area contributed by atoms with Crippen LogP contribution in [0, 0.1) is 0 Å². The maximum Gasteiger partial charge on any atom is 0.352 e. The van der Waals surface area contributed by atoms with Crippen molar-refractivity contribution in [1.82, 2.24) is 19.2 Å². The molecule has 136 valence electrons. The van der Waals surface area contributed by atoms with Crippen LogP contribution >= 0.6 is 11.6 Å². The number of rotatable bonds is 4. The first-order chi connectivity index (χ1) is 13.1. The predicted molar refractivity (Wildman–Crippen MR) is 104 cm³/mol. The minimum Gasteiger partial charge on any atom is -0.324 e. The number of nitrogens with one attached hydrogen (secondary N) is 1. The van der Waals surface area contributed by atoms with Crippen LogP contribution in [-0.4, -0.2) is 25.1 Å². The Hall–Kier alpha value is -3.19. The monoisotopic (exact) mass is 381 g/mol. The third kappa shape index (κ3) is 3.17. The number of hydrogen-bond donors (Lipinski definition) is 1. The summed E-state index contributed by atoms with van der Waals surface area (Å²) in [6.45, 7) is 1.82. The molecule has 4 aromatic rings. The molecule has 0 bridgehead atoms. The molecule has 7 nitrogen and oxygen atoms in total. The van der Waals surface area contributed by atoms with Gasteiger partial charge < -0.3 is 5.32 Å². The Bertz CT molecular complexity index is 1230. The lowest BCUT2D eigenvalue weighted by Gasteiger charge is -2.09. The fourth-order valence-electron chi connectivity index (χ4n) is 3.01. The highest BCUT2D eigenvalue weighted by molar-refractivity contribution is 6.31. The Labute approximate surface area is 159 Å². The Morgan fingerprint density at radius 3 is 2.85 bits per heavy atom. The molecule has 2 aromatic heterocycles. The molecule has 0 atom stereocenters. The van der Waals surface area contributed by atoms with Gasteiger partial charge in [0.2, 0.25) is 5.91 Å². The van der Waals surface area contributed by atoms with Gasteiger partial charge in [-0.3, -0.25) is 4.79 Å². The van der Waals surface area contributed by atoms with Crippen LogP contribution in [-0.2, 0) is 17.8 Å². The van der Waals surface area contributed by atoms with Crippen molar-refractivity contribution in [1.29, 1.82) is 0 Å². The van der Waals surface area contributed by atoms with Crippen LogP contribution in [0.25, 0.3) is 16.6 Å². The van der Waals surface area contributed by atoms with Crippen LogP contribution in [0.15, 0.2) is 53.6 Å². The second kappa shape index (κ2) is 6.85. The molecule has 8 heteroatoms. The molecule has 27 heavy (non-hydrogen) atoms. The highest BCUT2D eigenvalue weighted by Gasteiger charge is 2.14. The Morgan fingerprint density at radius 2 is 2.04 bits per heavy atom. The minimum absolute atomic E-state index is 0.194. The molecule has 0 spiro atoms. The molecule has 1 amide bonds. The SMILES string of the molecule is CCc1ccccc1NC(=O)Cn1nc2c3cc(Cl)ccc3ncn2c1=O. The molecule has 2 aromatic carbocycles. The van der Waals surface area contributed by atoms with Crippen molar-refractivity contribution in [3.8, 4) is 0 Å². The zero-order chi connectivity index (χ0) is 19.0. The van der Waals surface area contributed by atoms with Crippen LogP contribution in [0.4, 0.5) is 5.69 Å². The van der Waals surface area contributed by atoms with Crippen molar-refractivity contribution in [2.24, 2.45) is 0 Å². The number of aryl methyl sites for hydroxylation is 1. The first-order valence-corrected chi connectivity index (χ1v) is 8.86. The van der Waals surface area contributed by atoms with Crippen molar-refractivity contribution in [2.75, 3.05) is 5.32 Å². The smallest absolute Gasteiger partial charge is 0.324 e. The number of carbonyl (C=O) groups excluding carboxylic acids is 1. The van der Waals surface area contributed by atoms with E-state index in [9.17, 15) is 9.59 Å². The zero-order valence-corrected chi connectivity index (χ0v) is 15.3. The molecular formula is C19H16ClN5O2. The third-order valence-corrected chi connectivity index (χ3v) is 4.58. The van der Waals surface area contributed by atoms with Gasteiger partial charge in [0.05, 0.1) is 5.52 Å². The highest BCUT2D eigenvalue weighted by Crippen LogP contribution is 2.20. The fourth-order valence-corrected chi connectivity index (χ4v) is 3.18. The minimum atomic E-state index is -0.432. The summed E-state index contributed by atoms with van der Waals surface area (Å²) in [4.78, 5) is 29.3. The average molecular weight is 382 g/mol. The average Bonchev–Trinajstić information content (AvgIpc) is 2.98. The van der Waals surface area contributed by atoms with E-state index in [-0.39, 0.29) is 12.5 Å². The number of benzene rings is 2. The van der Waals surface area contributed by atoms with Gasteiger partial charge in [-0.05, 0) is 36.2 Å². The summed E-state index contributed by atoms with van der Waals surface area (Å²) in [7, 11) is 0. The van der Waals surface area contributed by atoms with E-state index in [4.69, 9.17) is 11.6 Å². The summed E-state index contributed by atoms with van der Waals surface area (Å²) in [5.74, 6) is -0.322. The molecule has 0 saturated heterocycles. The van der Waals surface area contributed by atoms with Crippen LogP contribution < -0.4 is 11.0 Å².